The minimum Gasteiger partial charge on any atom is -1.00 e. The van der Waals surface area contributed by atoms with Crippen molar-refractivity contribution in [2.75, 3.05) is 39.5 Å². The molecule has 1 N–H and O–H groups in total. The summed E-state index contributed by atoms with van der Waals surface area (Å²) < 4.78 is 12.1. The lowest BCUT2D eigenvalue weighted by molar-refractivity contribution is -0.0000195. The number of ether oxygens (including phenoxy) is 2. The topological polar surface area (TPSA) is 41.9 Å². The van der Waals surface area contributed by atoms with Gasteiger partial charge < -0.3 is 31.9 Å². The van der Waals surface area contributed by atoms with Crippen LogP contribution in [0, 0.1) is 5.92 Å². The number of likely N-dealkylation sites (tertiary alicyclic amines) is 1. The SMILES string of the molecule is CC1CCN(CC(O)COCCOc2ccc(Br)cc2)CC1.[Cl-]. The summed E-state index contributed by atoms with van der Waals surface area (Å²) in [6.07, 6.45) is 2.05. The lowest BCUT2D eigenvalue weighted by Gasteiger charge is -2.31. The number of β-amino-alcohol motifs (C(OH)–C–C–N with tert-alkyl or cyclic N) is 1. The normalized spacial score (nSPS) is 17.5. The van der Waals surface area contributed by atoms with Crippen LogP contribution in [0.2, 0.25) is 0 Å². The van der Waals surface area contributed by atoms with Crippen LogP contribution in [0.5, 0.6) is 5.75 Å². The van der Waals surface area contributed by atoms with E-state index in [0.29, 0.717) is 26.4 Å². The summed E-state index contributed by atoms with van der Waals surface area (Å²) in [7, 11) is 0. The standard InChI is InChI=1S/C17H26BrNO3.ClH/c1-14-6-8-19(9-7-14)12-16(20)13-21-10-11-22-17-4-2-15(18)3-5-17;/h2-5,14,16,20H,6-13H2,1H3;1H/p-1. The van der Waals surface area contributed by atoms with Gasteiger partial charge >= 0.3 is 0 Å². The Labute approximate surface area is 153 Å². The largest absolute Gasteiger partial charge is 1.00 e. The van der Waals surface area contributed by atoms with E-state index in [9.17, 15) is 5.11 Å². The smallest absolute Gasteiger partial charge is 0.119 e. The highest BCUT2D eigenvalue weighted by Crippen LogP contribution is 2.16. The van der Waals surface area contributed by atoms with Gasteiger partial charge in [0.25, 0.3) is 0 Å². The fourth-order valence-electron chi connectivity index (χ4n) is 2.56. The Balaban J connectivity index is 0.00000264. The van der Waals surface area contributed by atoms with Gasteiger partial charge in [0, 0.05) is 11.0 Å². The van der Waals surface area contributed by atoms with Gasteiger partial charge in [-0.25, -0.2) is 0 Å². The van der Waals surface area contributed by atoms with E-state index in [2.05, 4.69) is 27.8 Å². The van der Waals surface area contributed by atoms with Gasteiger partial charge in [-0.2, -0.15) is 0 Å². The fraction of sp³-hybridized carbons (Fsp3) is 0.647. The van der Waals surface area contributed by atoms with Crippen molar-refractivity contribution < 1.29 is 27.0 Å². The Morgan fingerprint density at radius 2 is 1.87 bits per heavy atom. The number of benzene rings is 1. The summed E-state index contributed by atoms with van der Waals surface area (Å²) in [5.74, 6) is 1.65. The molecule has 1 aliphatic heterocycles. The second-order valence-electron chi connectivity index (χ2n) is 6.01. The molecule has 0 amide bonds. The number of aliphatic hydroxyl groups is 1. The summed E-state index contributed by atoms with van der Waals surface area (Å²) in [4.78, 5) is 2.33. The Hall–Kier alpha value is -0.330. The number of halogens is 2. The zero-order valence-corrected chi connectivity index (χ0v) is 15.9. The summed E-state index contributed by atoms with van der Waals surface area (Å²) in [5.41, 5.74) is 0. The van der Waals surface area contributed by atoms with Crippen LogP contribution in [-0.2, 0) is 4.74 Å². The van der Waals surface area contributed by atoms with Gasteiger partial charge in [-0.15, -0.1) is 0 Å². The molecule has 1 saturated heterocycles. The molecule has 1 heterocycles. The molecule has 1 aromatic carbocycles. The van der Waals surface area contributed by atoms with Crippen molar-refractivity contribution in [1.82, 2.24) is 4.90 Å². The zero-order valence-electron chi connectivity index (χ0n) is 13.6. The highest BCUT2D eigenvalue weighted by molar-refractivity contribution is 9.10. The van der Waals surface area contributed by atoms with Crippen LogP contribution in [0.25, 0.3) is 0 Å². The Morgan fingerprint density at radius 1 is 1.22 bits per heavy atom. The molecule has 132 valence electrons. The van der Waals surface area contributed by atoms with Crippen molar-refractivity contribution in [2.45, 2.75) is 25.9 Å². The Morgan fingerprint density at radius 3 is 2.52 bits per heavy atom. The third-order valence-electron chi connectivity index (χ3n) is 3.97. The Kier molecular flexibility index (Phi) is 10.1. The quantitative estimate of drug-likeness (QED) is 0.613. The lowest BCUT2D eigenvalue weighted by Crippen LogP contribution is -3.00. The first-order chi connectivity index (χ1) is 10.6. The molecule has 6 heteroatoms. The maximum absolute atomic E-state index is 10.0. The van der Waals surface area contributed by atoms with E-state index in [1.54, 1.807) is 0 Å². The van der Waals surface area contributed by atoms with Crippen molar-refractivity contribution in [2.24, 2.45) is 5.92 Å². The van der Waals surface area contributed by atoms with Crippen molar-refractivity contribution in [1.29, 1.82) is 0 Å². The van der Waals surface area contributed by atoms with Crippen LogP contribution < -0.4 is 17.1 Å². The number of nitrogens with zero attached hydrogens (tertiary/aromatic N) is 1. The van der Waals surface area contributed by atoms with E-state index >= 15 is 0 Å². The Bertz CT molecular complexity index is 424. The average molecular weight is 408 g/mol. The maximum atomic E-state index is 10.0. The second kappa shape index (κ2) is 11.3. The summed E-state index contributed by atoms with van der Waals surface area (Å²) in [6.45, 7) is 6.54. The van der Waals surface area contributed by atoms with Gasteiger partial charge in [0.05, 0.1) is 19.3 Å². The molecule has 0 saturated carbocycles. The van der Waals surface area contributed by atoms with Gasteiger partial charge in [0.2, 0.25) is 0 Å². The summed E-state index contributed by atoms with van der Waals surface area (Å²) in [5, 5.41) is 10.0. The van der Waals surface area contributed by atoms with Gasteiger partial charge in [-0.3, -0.25) is 0 Å². The molecule has 0 aromatic heterocycles. The van der Waals surface area contributed by atoms with Crippen LogP contribution >= 0.6 is 15.9 Å². The molecular weight excluding hydrogens is 382 g/mol. The molecule has 4 nitrogen and oxygen atoms in total. The highest BCUT2D eigenvalue weighted by Gasteiger charge is 2.18. The molecule has 1 atom stereocenters. The predicted molar refractivity (Wildman–Crippen MR) is 91.3 cm³/mol. The number of piperidine rings is 1. The van der Waals surface area contributed by atoms with Gasteiger partial charge in [0.15, 0.2) is 0 Å². The first kappa shape index (κ1) is 20.7. The highest BCUT2D eigenvalue weighted by atomic mass is 79.9. The molecule has 23 heavy (non-hydrogen) atoms. The molecule has 1 aliphatic rings. The number of hydrogen-bond acceptors (Lipinski definition) is 4. The van der Waals surface area contributed by atoms with E-state index < -0.39 is 6.10 Å². The van der Waals surface area contributed by atoms with Gasteiger partial charge in [-0.05, 0) is 56.1 Å². The van der Waals surface area contributed by atoms with Crippen LogP contribution in [0.3, 0.4) is 0 Å². The van der Waals surface area contributed by atoms with E-state index in [1.807, 2.05) is 24.3 Å². The third kappa shape index (κ3) is 8.36. The molecule has 2 rings (SSSR count). The van der Waals surface area contributed by atoms with E-state index in [0.717, 1.165) is 29.2 Å². The van der Waals surface area contributed by atoms with Crippen LogP contribution in [0.4, 0.5) is 0 Å². The van der Waals surface area contributed by atoms with Gasteiger partial charge in [-0.1, -0.05) is 22.9 Å². The molecule has 0 spiro atoms. The van der Waals surface area contributed by atoms with Crippen LogP contribution in [0.1, 0.15) is 19.8 Å². The zero-order chi connectivity index (χ0) is 15.8. The van der Waals surface area contributed by atoms with Crippen molar-refractivity contribution in [3.8, 4) is 5.75 Å². The van der Waals surface area contributed by atoms with Crippen LogP contribution in [0.15, 0.2) is 28.7 Å². The second-order valence-corrected chi connectivity index (χ2v) is 6.93. The molecule has 0 radical (unpaired) electrons. The number of aliphatic hydroxyl groups excluding tert-OH is 1. The fourth-order valence-corrected chi connectivity index (χ4v) is 2.83. The summed E-state index contributed by atoms with van der Waals surface area (Å²) in [6, 6.07) is 7.71. The number of hydrogen-bond donors (Lipinski definition) is 1. The van der Waals surface area contributed by atoms with Crippen molar-refractivity contribution in [3.63, 3.8) is 0 Å². The molecule has 0 aliphatic carbocycles. The van der Waals surface area contributed by atoms with E-state index in [-0.39, 0.29) is 12.4 Å². The lowest BCUT2D eigenvalue weighted by atomic mass is 9.99. The summed E-state index contributed by atoms with van der Waals surface area (Å²) >= 11 is 3.39. The molecule has 1 unspecified atom stereocenters. The predicted octanol–water partition coefficient (Wildman–Crippen LogP) is -0.0587. The van der Waals surface area contributed by atoms with Crippen molar-refractivity contribution in [3.05, 3.63) is 28.7 Å². The third-order valence-corrected chi connectivity index (χ3v) is 4.49. The first-order valence-corrected chi connectivity index (χ1v) is 8.79. The van der Waals surface area contributed by atoms with E-state index in [1.165, 1.54) is 12.8 Å². The van der Waals surface area contributed by atoms with E-state index in [4.69, 9.17) is 9.47 Å². The molecule has 1 fully saturated rings. The molecule has 1 aromatic rings. The first-order valence-electron chi connectivity index (χ1n) is 8.00. The number of rotatable bonds is 8. The van der Waals surface area contributed by atoms with Crippen LogP contribution in [-0.4, -0.2) is 55.6 Å². The maximum Gasteiger partial charge on any atom is 0.119 e. The minimum atomic E-state index is -0.416. The molecular formula is C17H26BrClNO3-. The van der Waals surface area contributed by atoms with Crippen molar-refractivity contribution >= 4 is 15.9 Å². The molecule has 0 bridgehead atoms. The minimum absolute atomic E-state index is 0. The van der Waals surface area contributed by atoms with Gasteiger partial charge in [0.1, 0.15) is 12.4 Å². The monoisotopic (exact) mass is 406 g/mol. The average Bonchev–Trinajstić information content (AvgIpc) is 2.51.